The minimum atomic E-state index is 0.0429. The van der Waals surface area contributed by atoms with Crippen molar-refractivity contribution in [2.24, 2.45) is 5.73 Å². The van der Waals surface area contributed by atoms with E-state index < -0.39 is 0 Å². The Morgan fingerprint density at radius 2 is 2.00 bits per heavy atom. The van der Waals surface area contributed by atoms with Gasteiger partial charge >= 0.3 is 0 Å². The molecule has 0 spiro atoms. The van der Waals surface area contributed by atoms with Gasteiger partial charge in [0.1, 0.15) is 0 Å². The molecular weight excluding hydrogens is 283 g/mol. The van der Waals surface area contributed by atoms with Crippen molar-refractivity contribution in [3.05, 3.63) is 33.8 Å². The first-order valence-electron chi connectivity index (χ1n) is 6.41. The molecule has 0 saturated carbocycles. The molecule has 0 aromatic heterocycles. The lowest BCUT2D eigenvalue weighted by molar-refractivity contribution is 0.0980. The quantitative estimate of drug-likeness (QED) is 0.839. The number of halogens is 2. The van der Waals surface area contributed by atoms with Crippen LogP contribution in [0.5, 0.6) is 0 Å². The Kier molecular flexibility index (Phi) is 7.11. The topological polar surface area (TPSA) is 38.5 Å². The van der Waals surface area contributed by atoms with Crippen molar-refractivity contribution < 1.29 is 4.74 Å². The maximum Gasteiger partial charge on any atom is 0.0590 e. The van der Waals surface area contributed by atoms with E-state index in [9.17, 15) is 0 Å². The molecule has 1 rings (SSSR count). The zero-order chi connectivity index (χ0) is 14.4. The van der Waals surface area contributed by atoms with Gasteiger partial charge in [-0.15, -0.1) is 0 Å². The number of benzene rings is 1. The fourth-order valence-electron chi connectivity index (χ4n) is 2.18. The molecule has 0 aliphatic heterocycles. The van der Waals surface area contributed by atoms with Crippen molar-refractivity contribution in [2.45, 2.75) is 25.9 Å². The highest BCUT2D eigenvalue weighted by Crippen LogP contribution is 2.30. The monoisotopic (exact) mass is 304 g/mol. The van der Waals surface area contributed by atoms with E-state index in [-0.39, 0.29) is 6.04 Å². The predicted octanol–water partition coefficient (Wildman–Crippen LogP) is 3.35. The van der Waals surface area contributed by atoms with Gasteiger partial charge in [0, 0.05) is 42.3 Å². The molecule has 19 heavy (non-hydrogen) atoms. The van der Waals surface area contributed by atoms with Gasteiger partial charge in [-0.1, -0.05) is 23.2 Å². The molecule has 0 aliphatic carbocycles. The molecule has 0 amide bonds. The summed E-state index contributed by atoms with van der Waals surface area (Å²) in [6, 6.07) is 5.89. The highest BCUT2D eigenvalue weighted by molar-refractivity contribution is 6.33. The van der Waals surface area contributed by atoms with Crippen LogP contribution >= 0.6 is 23.2 Å². The van der Waals surface area contributed by atoms with Gasteiger partial charge in [0.05, 0.1) is 6.61 Å². The average Bonchev–Trinajstić information content (AvgIpc) is 2.37. The number of rotatable bonds is 7. The van der Waals surface area contributed by atoms with Crippen LogP contribution in [0.1, 0.15) is 25.5 Å². The lowest BCUT2D eigenvalue weighted by atomic mass is 10.0. The van der Waals surface area contributed by atoms with Gasteiger partial charge in [-0.05, 0) is 37.6 Å². The van der Waals surface area contributed by atoms with E-state index in [0.717, 1.165) is 12.1 Å². The number of hydrogen-bond donors (Lipinski definition) is 1. The summed E-state index contributed by atoms with van der Waals surface area (Å²) < 4.78 is 5.17. The molecule has 1 atom stereocenters. The summed E-state index contributed by atoms with van der Waals surface area (Å²) in [5, 5.41) is 1.37. The van der Waals surface area contributed by atoms with Gasteiger partial charge in [-0.2, -0.15) is 0 Å². The van der Waals surface area contributed by atoms with Crippen molar-refractivity contribution >= 4 is 23.2 Å². The molecule has 3 nitrogen and oxygen atoms in total. The van der Waals surface area contributed by atoms with Crippen LogP contribution in [-0.4, -0.2) is 37.7 Å². The summed E-state index contributed by atoms with van der Waals surface area (Å²) in [6.07, 6.45) is 0. The normalized spacial score (nSPS) is 13.3. The van der Waals surface area contributed by atoms with E-state index in [1.165, 1.54) is 0 Å². The van der Waals surface area contributed by atoms with Gasteiger partial charge < -0.3 is 10.5 Å². The van der Waals surface area contributed by atoms with Crippen LogP contribution < -0.4 is 5.73 Å². The summed E-state index contributed by atoms with van der Waals surface area (Å²) in [7, 11) is 1.70. The Morgan fingerprint density at radius 3 is 2.53 bits per heavy atom. The number of nitrogens with zero attached hydrogens (tertiary/aromatic N) is 1. The SMILES string of the molecule is COCCN(C(C)C)C(CN)c1cc(Cl)ccc1Cl. The highest BCUT2D eigenvalue weighted by Gasteiger charge is 2.23. The number of ether oxygens (including phenoxy) is 1. The van der Waals surface area contributed by atoms with Gasteiger partial charge in [-0.25, -0.2) is 0 Å². The summed E-state index contributed by atoms with van der Waals surface area (Å²) >= 11 is 12.3. The van der Waals surface area contributed by atoms with Gasteiger partial charge in [0.2, 0.25) is 0 Å². The van der Waals surface area contributed by atoms with Crippen LogP contribution in [0, 0.1) is 0 Å². The Morgan fingerprint density at radius 1 is 1.32 bits per heavy atom. The average molecular weight is 305 g/mol. The van der Waals surface area contributed by atoms with E-state index >= 15 is 0 Å². The molecule has 1 aromatic rings. The van der Waals surface area contributed by atoms with Gasteiger partial charge in [0.15, 0.2) is 0 Å². The summed E-state index contributed by atoms with van der Waals surface area (Å²) in [4.78, 5) is 2.28. The second-order valence-electron chi connectivity index (χ2n) is 4.74. The Hall–Kier alpha value is -0.320. The minimum Gasteiger partial charge on any atom is -0.383 e. The third-order valence-corrected chi connectivity index (χ3v) is 3.74. The van der Waals surface area contributed by atoms with E-state index in [4.69, 9.17) is 33.7 Å². The summed E-state index contributed by atoms with van der Waals surface area (Å²) in [5.74, 6) is 0. The van der Waals surface area contributed by atoms with E-state index in [1.807, 2.05) is 12.1 Å². The van der Waals surface area contributed by atoms with Crippen LogP contribution in [0.2, 0.25) is 10.0 Å². The fraction of sp³-hybridized carbons (Fsp3) is 0.571. The minimum absolute atomic E-state index is 0.0429. The smallest absolute Gasteiger partial charge is 0.0590 e. The zero-order valence-electron chi connectivity index (χ0n) is 11.7. The first-order chi connectivity index (χ1) is 9.01. The van der Waals surface area contributed by atoms with Crippen LogP contribution in [0.15, 0.2) is 18.2 Å². The van der Waals surface area contributed by atoms with Crippen molar-refractivity contribution in [1.29, 1.82) is 0 Å². The molecule has 0 bridgehead atoms. The Labute approximate surface area is 125 Å². The molecule has 1 unspecified atom stereocenters. The van der Waals surface area contributed by atoms with Crippen molar-refractivity contribution in [2.75, 3.05) is 26.8 Å². The van der Waals surface area contributed by atoms with Gasteiger partial charge in [0.25, 0.3) is 0 Å². The van der Waals surface area contributed by atoms with Crippen LogP contribution in [0.3, 0.4) is 0 Å². The standard InChI is InChI=1S/C14H22Cl2N2O/c1-10(2)18(6-7-19-3)14(9-17)12-8-11(15)4-5-13(12)16/h4-5,8,10,14H,6-7,9,17H2,1-3H3. The van der Waals surface area contributed by atoms with Crippen LogP contribution in [0.4, 0.5) is 0 Å². The highest BCUT2D eigenvalue weighted by atomic mass is 35.5. The van der Waals surface area contributed by atoms with E-state index in [2.05, 4.69) is 18.7 Å². The molecular formula is C14H22Cl2N2O. The van der Waals surface area contributed by atoms with Crippen molar-refractivity contribution in [3.63, 3.8) is 0 Å². The first-order valence-corrected chi connectivity index (χ1v) is 7.16. The Balaban J connectivity index is 3.04. The van der Waals surface area contributed by atoms with E-state index in [0.29, 0.717) is 29.2 Å². The van der Waals surface area contributed by atoms with Crippen molar-refractivity contribution in [1.82, 2.24) is 4.90 Å². The molecule has 0 radical (unpaired) electrons. The third kappa shape index (κ3) is 4.62. The lowest BCUT2D eigenvalue weighted by Gasteiger charge is -2.35. The predicted molar refractivity (Wildman–Crippen MR) is 82.0 cm³/mol. The third-order valence-electron chi connectivity index (χ3n) is 3.16. The zero-order valence-corrected chi connectivity index (χ0v) is 13.2. The van der Waals surface area contributed by atoms with Crippen LogP contribution in [-0.2, 0) is 4.74 Å². The molecule has 2 N–H and O–H groups in total. The number of nitrogens with two attached hydrogens (primary N) is 1. The van der Waals surface area contributed by atoms with Crippen LogP contribution in [0.25, 0.3) is 0 Å². The fourth-order valence-corrected chi connectivity index (χ4v) is 2.61. The molecule has 1 aromatic carbocycles. The maximum atomic E-state index is 6.28. The van der Waals surface area contributed by atoms with Crippen molar-refractivity contribution in [3.8, 4) is 0 Å². The van der Waals surface area contributed by atoms with Gasteiger partial charge in [-0.3, -0.25) is 4.90 Å². The molecule has 0 fully saturated rings. The number of hydrogen-bond acceptors (Lipinski definition) is 3. The van der Waals surface area contributed by atoms with E-state index in [1.54, 1.807) is 13.2 Å². The largest absolute Gasteiger partial charge is 0.383 e. The first kappa shape index (κ1) is 16.7. The molecule has 0 saturated heterocycles. The molecule has 5 heteroatoms. The summed E-state index contributed by atoms with van der Waals surface area (Å²) in [6.45, 7) is 6.22. The lowest BCUT2D eigenvalue weighted by Crippen LogP contribution is -2.40. The Bertz CT molecular complexity index is 399. The maximum absolute atomic E-state index is 6.28. The molecule has 0 heterocycles. The number of methoxy groups -OCH3 is 1. The second kappa shape index (κ2) is 8.08. The molecule has 0 aliphatic rings. The summed E-state index contributed by atoms with van der Waals surface area (Å²) in [5.41, 5.74) is 6.92. The second-order valence-corrected chi connectivity index (χ2v) is 5.59. The molecule has 108 valence electrons.